The average Bonchev–Trinajstić information content (AvgIpc) is 2.41. The normalized spacial score (nSPS) is 15.6. The molecule has 0 nitrogen and oxygen atoms in total. The van der Waals surface area contributed by atoms with Gasteiger partial charge in [-0.05, 0) is 6.42 Å². The van der Waals surface area contributed by atoms with Crippen molar-refractivity contribution < 1.29 is 57.1 Å². The fraction of sp³-hybridized carbons (Fsp3) is 0.917. The average molecular weight is 403 g/mol. The molecule has 0 spiro atoms. The maximum atomic E-state index is 13.2. The third-order valence-electron chi connectivity index (χ3n) is 3.17. The van der Waals surface area contributed by atoms with Crippen molar-refractivity contribution in [3.63, 3.8) is 0 Å². The minimum absolute atomic E-state index is 0.164. The lowest BCUT2D eigenvalue weighted by Gasteiger charge is -2.39. The summed E-state index contributed by atoms with van der Waals surface area (Å²) >= 11 is 0. The van der Waals surface area contributed by atoms with Gasteiger partial charge in [-0.15, -0.1) is 0 Å². The molecule has 0 N–H and O–H groups in total. The highest BCUT2D eigenvalue weighted by atomic mass is 19.4. The molecule has 0 fully saturated rings. The summed E-state index contributed by atoms with van der Waals surface area (Å²) in [6.07, 6.45) is -8.87. The Labute approximate surface area is 133 Å². The molecule has 0 rings (SSSR count). The van der Waals surface area contributed by atoms with Gasteiger partial charge in [0.2, 0.25) is 0 Å². The number of unbranched alkanes of at least 4 members (excludes halogenated alkanes) is 3. The van der Waals surface area contributed by atoms with Crippen molar-refractivity contribution in [3.05, 3.63) is 6.42 Å². The van der Waals surface area contributed by atoms with E-state index >= 15 is 0 Å². The molecule has 0 aliphatic heterocycles. The van der Waals surface area contributed by atoms with Crippen molar-refractivity contribution in [2.24, 2.45) is 0 Å². The summed E-state index contributed by atoms with van der Waals surface area (Å²) in [5, 5.41) is 0. The molecule has 0 aliphatic carbocycles. The van der Waals surface area contributed by atoms with Crippen molar-refractivity contribution in [3.8, 4) is 0 Å². The fourth-order valence-corrected chi connectivity index (χ4v) is 1.59. The smallest absolute Gasteiger partial charge is 0.199 e. The van der Waals surface area contributed by atoms with Crippen LogP contribution in [0.5, 0.6) is 0 Å². The SMILES string of the molecule is CCCCC[CH]C(F)(F)C(F)(F)C(F)(F)C(F)(F)C(F)(F)C(F)(F)F. The van der Waals surface area contributed by atoms with Crippen molar-refractivity contribution in [1.29, 1.82) is 0 Å². The van der Waals surface area contributed by atoms with Crippen LogP contribution in [0.25, 0.3) is 0 Å². The van der Waals surface area contributed by atoms with E-state index in [4.69, 9.17) is 0 Å². The van der Waals surface area contributed by atoms with Gasteiger partial charge in [0.05, 0.1) is 0 Å². The Balaban J connectivity index is 5.79. The van der Waals surface area contributed by atoms with Crippen LogP contribution in [0, 0.1) is 6.42 Å². The molecule has 0 amide bonds. The lowest BCUT2D eigenvalue weighted by Crippen LogP contribution is -2.70. The third kappa shape index (κ3) is 3.93. The van der Waals surface area contributed by atoms with E-state index in [2.05, 4.69) is 0 Å². The van der Waals surface area contributed by atoms with Gasteiger partial charge in [0.25, 0.3) is 0 Å². The zero-order chi connectivity index (χ0) is 20.5. The van der Waals surface area contributed by atoms with Gasteiger partial charge in [-0.3, -0.25) is 0 Å². The van der Waals surface area contributed by atoms with Gasteiger partial charge in [-0.1, -0.05) is 26.2 Å². The molecule has 0 aromatic heterocycles. The Morgan fingerprint density at radius 2 is 0.960 bits per heavy atom. The Hall–Kier alpha value is -0.910. The van der Waals surface area contributed by atoms with Crippen LogP contribution in [0.2, 0.25) is 0 Å². The first-order valence-corrected chi connectivity index (χ1v) is 6.61. The number of halogens is 13. The van der Waals surface area contributed by atoms with Crippen LogP contribution in [0.15, 0.2) is 0 Å². The molecule has 0 saturated carbocycles. The highest BCUT2D eigenvalue weighted by Crippen LogP contribution is 2.60. The standard InChI is InChI=1S/C12H12F13/c1-2-3-4-5-6-7(13,14)8(15,16)9(17,18)10(19,20)11(21,22)12(23,24)25/h6H,2-5H2,1H3. The highest BCUT2D eigenvalue weighted by molar-refractivity contribution is 5.12. The Bertz CT molecular complexity index is 435. The fourth-order valence-electron chi connectivity index (χ4n) is 1.59. The second-order valence-corrected chi connectivity index (χ2v) is 5.12. The molecule has 1 radical (unpaired) electrons. The van der Waals surface area contributed by atoms with Crippen LogP contribution in [-0.4, -0.2) is 35.8 Å². The summed E-state index contributed by atoms with van der Waals surface area (Å²) in [4.78, 5) is 0. The molecule has 0 atom stereocenters. The van der Waals surface area contributed by atoms with Crippen molar-refractivity contribution in [2.45, 2.75) is 68.4 Å². The molecular formula is C12H12F13. The molecule has 0 aromatic carbocycles. The van der Waals surface area contributed by atoms with Crippen LogP contribution >= 0.6 is 0 Å². The Morgan fingerprint density at radius 3 is 1.32 bits per heavy atom. The molecule has 0 aromatic rings. The van der Waals surface area contributed by atoms with E-state index in [1.807, 2.05) is 0 Å². The van der Waals surface area contributed by atoms with Gasteiger partial charge in [0.1, 0.15) is 0 Å². The lowest BCUT2D eigenvalue weighted by molar-refractivity contribution is -0.437. The number of hydrogen-bond acceptors (Lipinski definition) is 0. The van der Waals surface area contributed by atoms with Crippen molar-refractivity contribution in [1.82, 2.24) is 0 Å². The summed E-state index contributed by atoms with van der Waals surface area (Å²) in [7, 11) is 0. The van der Waals surface area contributed by atoms with Crippen LogP contribution in [0.1, 0.15) is 32.6 Å². The predicted octanol–water partition coefficient (Wildman–Crippen LogP) is 6.51. The largest absolute Gasteiger partial charge is 0.460 e. The van der Waals surface area contributed by atoms with E-state index in [0.717, 1.165) is 0 Å². The zero-order valence-corrected chi connectivity index (χ0v) is 12.3. The minimum Gasteiger partial charge on any atom is -0.199 e. The topological polar surface area (TPSA) is 0 Å². The van der Waals surface area contributed by atoms with Gasteiger partial charge in [-0.25, -0.2) is 0 Å². The molecule has 13 heteroatoms. The Morgan fingerprint density at radius 1 is 0.560 bits per heavy atom. The van der Waals surface area contributed by atoms with Crippen LogP contribution in [-0.2, 0) is 0 Å². The predicted molar refractivity (Wildman–Crippen MR) is 59.2 cm³/mol. The van der Waals surface area contributed by atoms with Gasteiger partial charge >= 0.3 is 35.8 Å². The molecule has 0 unspecified atom stereocenters. The molecule has 0 aliphatic rings. The monoisotopic (exact) mass is 403 g/mol. The maximum absolute atomic E-state index is 13.2. The van der Waals surface area contributed by atoms with E-state index < -0.39 is 48.6 Å². The molecule has 151 valence electrons. The zero-order valence-electron chi connectivity index (χ0n) is 12.3. The molecule has 0 heterocycles. The van der Waals surface area contributed by atoms with E-state index in [-0.39, 0.29) is 12.8 Å². The van der Waals surface area contributed by atoms with E-state index in [9.17, 15) is 57.1 Å². The summed E-state index contributed by atoms with van der Waals surface area (Å²) in [5.74, 6) is -36.5. The van der Waals surface area contributed by atoms with Crippen molar-refractivity contribution >= 4 is 0 Å². The number of rotatable bonds is 9. The summed E-state index contributed by atoms with van der Waals surface area (Å²) in [5.41, 5.74) is 0. The quantitative estimate of drug-likeness (QED) is 0.304. The first-order valence-electron chi connectivity index (χ1n) is 6.61. The summed E-state index contributed by atoms with van der Waals surface area (Å²) in [6.45, 7) is 1.54. The van der Waals surface area contributed by atoms with Gasteiger partial charge < -0.3 is 0 Å². The van der Waals surface area contributed by atoms with Crippen LogP contribution < -0.4 is 0 Å². The molecule has 0 bridgehead atoms. The highest BCUT2D eigenvalue weighted by Gasteiger charge is 2.90. The van der Waals surface area contributed by atoms with E-state index in [0.29, 0.717) is 6.42 Å². The molecule has 25 heavy (non-hydrogen) atoms. The van der Waals surface area contributed by atoms with Crippen LogP contribution in [0.3, 0.4) is 0 Å². The molecular weight excluding hydrogens is 391 g/mol. The third-order valence-corrected chi connectivity index (χ3v) is 3.17. The summed E-state index contributed by atoms with van der Waals surface area (Å²) in [6, 6.07) is 0. The Kier molecular flexibility index (Phi) is 6.76. The first-order chi connectivity index (χ1) is 10.8. The molecule has 0 saturated heterocycles. The van der Waals surface area contributed by atoms with Gasteiger partial charge in [-0.2, -0.15) is 57.1 Å². The first kappa shape index (κ1) is 24.1. The van der Waals surface area contributed by atoms with Crippen molar-refractivity contribution in [2.75, 3.05) is 0 Å². The van der Waals surface area contributed by atoms with Crippen LogP contribution in [0.4, 0.5) is 57.1 Å². The summed E-state index contributed by atoms with van der Waals surface area (Å²) < 4.78 is 165. The maximum Gasteiger partial charge on any atom is 0.460 e. The second kappa shape index (κ2) is 7.01. The minimum atomic E-state index is -7.83. The van der Waals surface area contributed by atoms with E-state index in [1.54, 1.807) is 6.92 Å². The number of alkyl halides is 13. The van der Waals surface area contributed by atoms with Gasteiger partial charge in [0, 0.05) is 6.42 Å². The second-order valence-electron chi connectivity index (χ2n) is 5.12. The lowest BCUT2D eigenvalue weighted by atomic mass is 9.91. The number of hydrogen-bond donors (Lipinski definition) is 0. The van der Waals surface area contributed by atoms with Gasteiger partial charge in [0.15, 0.2) is 0 Å². The van der Waals surface area contributed by atoms with E-state index in [1.165, 1.54) is 0 Å².